The molecule has 0 aliphatic carbocycles. The van der Waals surface area contributed by atoms with Crippen LogP contribution >= 0.6 is 0 Å². The molecule has 2 aromatic heterocycles. The number of carbonyl (C=O) groups is 2. The average molecular weight is 274 g/mol. The van der Waals surface area contributed by atoms with Gasteiger partial charge in [-0.3, -0.25) is 9.59 Å². The van der Waals surface area contributed by atoms with Crippen molar-refractivity contribution < 1.29 is 27.9 Å². The highest BCUT2D eigenvalue weighted by atomic mass is 19.4. The van der Waals surface area contributed by atoms with Crippen molar-refractivity contribution in [2.75, 3.05) is 0 Å². The number of hydrogen-bond donors (Lipinski definition) is 1. The highest BCUT2D eigenvalue weighted by molar-refractivity contribution is 5.77. The Bertz CT molecular complexity index is 578. The molecule has 0 bridgehead atoms. The smallest absolute Gasteiger partial charge is 0.446 e. The van der Waals surface area contributed by atoms with Gasteiger partial charge in [0.15, 0.2) is 0 Å². The molecular weight excluding hydrogens is 265 g/mol. The van der Waals surface area contributed by atoms with E-state index in [4.69, 9.17) is 9.90 Å². The molecule has 1 N–H and O–H groups in total. The summed E-state index contributed by atoms with van der Waals surface area (Å²) in [6, 6.07) is 5.58. The molecule has 102 valence electrons. The zero-order chi connectivity index (χ0) is 14.5. The fourth-order valence-electron chi connectivity index (χ4n) is 1.29. The van der Waals surface area contributed by atoms with Crippen LogP contribution in [0.4, 0.5) is 13.2 Å². The molecule has 0 unspecified atom stereocenters. The van der Waals surface area contributed by atoms with Crippen molar-refractivity contribution in [3.63, 3.8) is 0 Å². The zero-order valence-electron chi connectivity index (χ0n) is 9.46. The Morgan fingerprint density at radius 3 is 2.58 bits per heavy atom. The number of carboxylic acid groups (broad SMARTS) is 1. The summed E-state index contributed by atoms with van der Waals surface area (Å²) < 4.78 is 32.9. The maximum Gasteiger partial charge on any atom is 0.446 e. The van der Waals surface area contributed by atoms with Crippen molar-refractivity contribution in [3.05, 3.63) is 30.6 Å². The van der Waals surface area contributed by atoms with Gasteiger partial charge in [0, 0.05) is 17.8 Å². The summed E-state index contributed by atoms with van der Waals surface area (Å²) in [4.78, 5) is 23.3. The minimum absolute atomic E-state index is 0.0412. The van der Waals surface area contributed by atoms with E-state index >= 15 is 0 Å². The molecule has 2 heterocycles. The molecule has 2 rings (SSSR count). The SMILES string of the molecule is O=C(O)Cn1ccc2cccnc21.O=CC(F)(F)F. The van der Waals surface area contributed by atoms with E-state index in [0.29, 0.717) is 5.65 Å². The van der Waals surface area contributed by atoms with Crippen molar-refractivity contribution in [3.8, 4) is 0 Å². The maximum absolute atomic E-state index is 10.5. The number of aliphatic carboxylic acids is 1. The fourth-order valence-corrected chi connectivity index (χ4v) is 1.29. The normalized spacial score (nSPS) is 10.7. The Morgan fingerprint density at radius 2 is 2.05 bits per heavy atom. The number of nitrogens with zero attached hydrogens (tertiary/aromatic N) is 2. The lowest BCUT2D eigenvalue weighted by Crippen LogP contribution is -2.07. The molecule has 5 nitrogen and oxygen atoms in total. The van der Waals surface area contributed by atoms with Gasteiger partial charge in [-0.25, -0.2) is 4.98 Å². The largest absolute Gasteiger partial charge is 0.480 e. The molecule has 0 radical (unpaired) electrons. The molecule has 2 aromatic rings. The van der Waals surface area contributed by atoms with E-state index in [2.05, 4.69) is 4.98 Å². The molecule has 0 saturated carbocycles. The average Bonchev–Trinajstić information content (AvgIpc) is 2.72. The number of alkyl halides is 3. The number of carbonyl (C=O) groups excluding carboxylic acids is 1. The first kappa shape index (κ1) is 14.7. The quantitative estimate of drug-likeness (QED) is 0.848. The van der Waals surface area contributed by atoms with Gasteiger partial charge in [-0.2, -0.15) is 13.2 Å². The fraction of sp³-hybridized carbons (Fsp3) is 0.182. The highest BCUT2D eigenvalue weighted by Crippen LogP contribution is 2.11. The standard InChI is InChI=1S/C9H8N2O2.C2HF3O/c12-8(13)6-11-5-3-7-2-1-4-10-9(7)11;3-2(4,5)1-6/h1-5H,6H2,(H,12,13);1H. The van der Waals surface area contributed by atoms with E-state index < -0.39 is 18.4 Å². The Labute approximate surface area is 105 Å². The lowest BCUT2D eigenvalue weighted by atomic mass is 10.3. The summed E-state index contributed by atoms with van der Waals surface area (Å²) in [6.07, 6.45) is -2.32. The Hall–Kier alpha value is -2.38. The van der Waals surface area contributed by atoms with Gasteiger partial charge in [0.1, 0.15) is 12.2 Å². The Kier molecular flexibility index (Phi) is 4.62. The molecule has 0 amide bonds. The van der Waals surface area contributed by atoms with Gasteiger partial charge in [-0.15, -0.1) is 0 Å². The van der Waals surface area contributed by atoms with Crippen molar-refractivity contribution >= 4 is 23.3 Å². The van der Waals surface area contributed by atoms with Crippen LogP contribution in [0, 0.1) is 0 Å². The lowest BCUT2D eigenvalue weighted by molar-refractivity contribution is -0.156. The second-order valence-corrected chi connectivity index (χ2v) is 3.41. The second-order valence-electron chi connectivity index (χ2n) is 3.41. The molecule has 0 atom stereocenters. The molecule has 0 saturated heterocycles. The van der Waals surface area contributed by atoms with Gasteiger partial charge in [0.25, 0.3) is 0 Å². The number of halogens is 3. The minimum atomic E-state index is -4.64. The third kappa shape index (κ3) is 4.78. The highest BCUT2D eigenvalue weighted by Gasteiger charge is 2.24. The van der Waals surface area contributed by atoms with Crippen LogP contribution in [0.2, 0.25) is 0 Å². The van der Waals surface area contributed by atoms with Gasteiger partial charge in [0.05, 0.1) is 0 Å². The van der Waals surface area contributed by atoms with Crippen LogP contribution in [0.25, 0.3) is 11.0 Å². The predicted octanol–water partition coefficient (Wildman–Crippen LogP) is 1.87. The first-order valence-electron chi connectivity index (χ1n) is 4.98. The van der Waals surface area contributed by atoms with Gasteiger partial charge < -0.3 is 9.67 Å². The van der Waals surface area contributed by atoms with Gasteiger partial charge in [-0.05, 0) is 18.2 Å². The van der Waals surface area contributed by atoms with Crippen LogP contribution in [0.3, 0.4) is 0 Å². The zero-order valence-corrected chi connectivity index (χ0v) is 9.46. The van der Waals surface area contributed by atoms with Crippen LogP contribution < -0.4 is 0 Å². The number of pyridine rings is 1. The van der Waals surface area contributed by atoms with Crippen molar-refractivity contribution in [2.24, 2.45) is 0 Å². The summed E-state index contributed by atoms with van der Waals surface area (Å²) in [5.74, 6) is -0.858. The third-order valence-electron chi connectivity index (χ3n) is 1.96. The Balaban J connectivity index is 0.000000258. The minimum Gasteiger partial charge on any atom is -0.480 e. The summed E-state index contributed by atoms with van der Waals surface area (Å²) in [5.41, 5.74) is 0.713. The van der Waals surface area contributed by atoms with Crippen molar-refractivity contribution in [2.45, 2.75) is 12.7 Å². The topological polar surface area (TPSA) is 72.2 Å². The molecule has 0 aliphatic rings. The maximum atomic E-state index is 10.5. The predicted molar refractivity (Wildman–Crippen MR) is 59.5 cm³/mol. The first-order chi connectivity index (χ1) is 8.83. The van der Waals surface area contributed by atoms with Crippen LogP contribution in [-0.4, -0.2) is 33.1 Å². The summed E-state index contributed by atoms with van der Waals surface area (Å²) >= 11 is 0. The lowest BCUT2D eigenvalue weighted by Gasteiger charge is -1.98. The molecule has 8 heteroatoms. The van der Waals surface area contributed by atoms with Gasteiger partial charge >= 0.3 is 12.1 Å². The van der Waals surface area contributed by atoms with Crippen molar-refractivity contribution in [1.82, 2.24) is 9.55 Å². The monoisotopic (exact) mass is 274 g/mol. The van der Waals surface area contributed by atoms with E-state index in [9.17, 15) is 18.0 Å². The summed E-state index contributed by atoms with van der Waals surface area (Å²) in [6.45, 7) is -0.0412. The number of carboxylic acids is 1. The molecule has 0 aromatic carbocycles. The number of aromatic nitrogens is 2. The van der Waals surface area contributed by atoms with Gasteiger partial charge in [-0.1, -0.05) is 0 Å². The van der Waals surface area contributed by atoms with Crippen LogP contribution in [0.5, 0.6) is 0 Å². The van der Waals surface area contributed by atoms with Gasteiger partial charge in [0.2, 0.25) is 6.29 Å². The molecule has 0 spiro atoms. The molecule has 0 fully saturated rings. The molecule has 0 aliphatic heterocycles. The van der Waals surface area contributed by atoms with E-state index in [0.717, 1.165) is 5.39 Å². The first-order valence-corrected chi connectivity index (χ1v) is 4.98. The Morgan fingerprint density at radius 1 is 1.42 bits per heavy atom. The van der Waals surface area contributed by atoms with E-state index in [1.165, 1.54) is 0 Å². The van der Waals surface area contributed by atoms with Crippen molar-refractivity contribution in [1.29, 1.82) is 0 Å². The van der Waals surface area contributed by atoms with Crippen LogP contribution in [-0.2, 0) is 16.1 Å². The number of hydrogen-bond acceptors (Lipinski definition) is 3. The van der Waals surface area contributed by atoms with E-state index in [1.807, 2.05) is 18.2 Å². The van der Waals surface area contributed by atoms with Crippen LogP contribution in [0.1, 0.15) is 0 Å². The summed E-state index contributed by atoms with van der Waals surface area (Å²) in [7, 11) is 0. The number of rotatable bonds is 2. The molecular formula is C11H9F3N2O3. The van der Waals surface area contributed by atoms with Crippen LogP contribution in [0.15, 0.2) is 30.6 Å². The molecule has 19 heavy (non-hydrogen) atoms. The third-order valence-corrected chi connectivity index (χ3v) is 1.96. The van der Waals surface area contributed by atoms with E-state index in [-0.39, 0.29) is 6.54 Å². The summed E-state index contributed by atoms with van der Waals surface area (Å²) in [5, 5.41) is 9.56. The van der Waals surface area contributed by atoms with E-state index in [1.54, 1.807) is 17.0 Å². The second kappa shape index (κ2) is 5.98. The number of aldehydes is 1. The number of fused-ring (bicyclic) bond motifs is 1.